The van der Waals surface area contributed by atoms with Gasteiger partial charge < -0.3 is 15.2 Å². The van der Waals surface area contributed by atoms with Gasteiger partial charge in [0.1, 0.15) is 12.4 Å². The summed E-state index contributed by atoms with van der Waals surface area (Å²) in [6.07, 6.45) is -1.04. The Morgan fingerprint density at radius 2 is 2.00 bits per heavy atom. The zero-order chi connectivity index (χ0) is 12.1. The molecule has 1 amide bonds. The smallest absolute Gasteiger partial charge is 0.404 e. The van der Waals surface area contributed by atoms with Crippen molar-refractivity contribution in [3.8, 4) is 5.75 Å². The lowest BCUT2D eigenvalue weighted by atomic mass is 10.1. The summed E-state index contributed by atoms with van der Waals surface area (Å²) in [5.41, 5.74) is 2.20. The van der Waals surface area contributed by atoms with Crippen molar-refractivity contribution in [3.63, 3.8) is 0 Å². The number of amides is 1. The zero-order valence-corrected chi connectivity index (χ0v) is 10.8. The van der Waals surface area contributed by atoms with Crippen LogP contribution >= 0.6 is 15.9 Å². The molecule has 0 unspecified atom stereocenters. The van der Waals surface area contributed by atoms with E-state index in [9.17, 15) is 4.79 Å². The Morgan fingerprint density at radius 1 is 1.44 bits per heavy atom. The number of hydrogen-bond acceptors (Lipinski definition) is 2. The number of halogens is 1. The lowest BCUT2D eigenvalue weighted by molar-refractivity contribution is 0.191. The van der Waals surface area contributed by atoms with E-state index in [4.69, 9.17) is 9.84 Å². The number of hydrogen-bond donors (Lipinski definition) is 2. The minimum absolute atomic E-state index is 0.281. The van der Waals surface area contributed by atoms with Gasteiger partial charge in [0.05, 0.1) is 6.54 Å². The fourth-order valence-electron chi connectivity index (χ4n) is 1.32. The zero-order valence-electron chi connectivity index (χ0n) is 9.21. The Hall–Kier alpha value is -1.23. The van der Waals surface area contributed by atoms with E-state index in [1.165, 1.54) is 0 Å². The SMILES string of the molecule is Cc1cc(OCCNC(=O)O)cc(C)c1Br. The van der Waals surface area contributed by atoms with Crippen LogP contribution in [0.25, 0.3) is 0 Å². The maximum absolute atomic E-state index is 10.2. The van der Waals surface area contributed by atoms with Crippen molar-refractivity contribution in [2.24, 2.45) is 0 Å². The molecule has 1 aromatic rings. The molecule has 0 aliphatic heterocycles. The number of carboxylic acid groups (broad SMARTS) is 1. The van der Waals surface area contributed by atoms with Crippen LogP contribution in [0.2, 0.25) is 0 Å². The van der Waals surface area contributed by atoms with Gasteiger partial charge in [0, 0.05) is 4.47 Å². The molecule has 2 N–H and O–H groups in total. The molecular formula is C11H14BrNO3. The third-order valence-corrected chi connectivity index (χ3v) is 3.31. The molecule has 0 spiro atoms. The van der Waals surface area contributed by atoms with Crippen molar-refractivity contribution in [3.05, 3.63) is 27.7 Å². The average molecular weight is 288 g/mol. The summed E-state index contributed by atoms with van der Waals surface area (Å²) in [5.74, 6) is 0.755. The second-order valence-corrected chi connectivity index (χ2v) is 4.24. The number of ether oxygens (including phenoxy) is 1. The topological polar surface area (TPSA) is 58.6 Å². The normalized spacial score (nSPS) is 9.94. The van der Waals surface area contributed by atoms with E-state index in [0.29, 0.717) is 6.61 Å². The van der Waals surface area contributed by atoms with Gasteiger partial charge in [-0.05, 0) is 37.1 Å². The van der Waals surface area contributed by atoms with E-state index < -0.39 is 6.09 Å². The van der Waals surface area contributed by atoms with E-state index >= 15 is 0 Å². The van der Waals surface area contributed by atoms with Gasteiger partial charge in [0.2, 0.25) is 0 Å². The highest BCUT2D eigenvalue weighted by atomic mass is 79.9. The highest BCUT2D eigenvalue weighted by Crippen LogP contribution is 2.26. The van der Waals surface area contributed by atoms with E-state index in [2.05, 4.69) is 21.2 Å². The predicted molar refractivity (Wildman–Crippen MR) is 65.1 cm³/mol. The summed E-state index contributed by atoms with van der Waals surface area (Å²) >= 11 is 3.47. The summed E-state index contributed by atoms with van der Waals surface area (Å²) < 4.78 is 6.50. The lowest BCUT2D eigenvalue weighted by Crippen LogP contribution is -2.26. The molecule has 0 heterocycles. The minimum atomic E-state index is -1.04. The maximum atomic E-state index is 10.2. The van der Waals surface area contributed by atoms with Crippen molar-refractivity contribution < 1.29 is 14.6 Å². The van der Waals surface area contributed by atoms with Gasteiger partial charge in [0.25, 0.3) is 0 Å². The Balaban J connectivity index is 2.52. The number of rotatable bonds is 4. The van der Waals surface area contributed by atoms with Crippen LogP contribution in [0.1, 0.15) is 11.1 Å². The van der Waals surface area contributed by atoms with Crippen LogP contribution < -0.4 is 10.1 Å². The van der Waals surface area contributed by atoms with Crippen molar-refractivity contribution in [2.75, 3.05) is 13.2 Å². The highest BCUT2D eigenvalue weighted by molar-refractivity contribution is 9.10. The summed E-state index contributed by atoms with van der Waals surface area (Å²) in [6.45, 7) is 4.58. The lowest BCUT2D eigenvalue weighted by Gasteiger charge is -2.09. The van der Waals surface area contributed by atoms with Gasteiger partial charge >= 0.3 is 6.09 Å². The van der Waals surface area contributed by atoms with Gasteiger partial charge in [-0.3, -0.25) is 0 Å². The number of benzene rings is 1. The molecule has 0 saturated heterocycles. The van der Waals surface area contributed by atoms with Gasteiger partial charge in [-0.25, -0.2) is 4.79 Å². The minimum Gasteiger partial charge on any atom is -0.492 e. The van der Waals surface area contributed by atoms with Crippen molar-refractivity contribution in [1.29, 1.82) is 0 Å². The van der Waals surface area contributed by atoms with E-state index in [1.54, 1.807) is 0 Å². The van der Waals surface area contributed by atoms with Crippen molar-refractivity contribution >= 4 is 22.0 Å². The van der Waals surface area contributed by atoms with Crippen LogP contribution in [0.5, 0.6) is 5.75 Å². The largest absolute Gasteiger partial charge is 0.492 e. The van der Waals surface area contributed by atoms with Crippen molar-refractivity contribution in [1.82, 2.24) is 5.32 Å². The first-order valence-corrected chi connectivity index (χ1v) is 5.66. The van der Waals surface area contributed by atoms with E-state index in [-0.39, 0.29) is 6.54 Å². The van der Waals surface area contributed by atoms with Crippen LogP contribution in [0.15, 0.2) is 16.6 Å². The fourth-order valence-corrected chi connectivity index (χ4v) is 1.55. The summed E-state index contributed by atoms with van der Waals surface area (Å²) in [5, 5.41) is 10.6. The molecule has 0 atom stereocenters. The number of carbonyl (C=O) groups is 1. The molecule has 16 heavy (non-hydrogen) atoms. The van der Waals surface area contributed by atoms with Crippen LogP contribution in [0, 0.1) is 13.8 Å². The first-order chi connectivity index (χ1) is 7.50. The molecule has 1 rings (SSSR count). The summed E-state index contributed by atoms with van der Waals surface area (Å²) in [4.78, 5) is 10.2. The Morgan fingerprint density at radius 3 is 2.50 bits per heavy atom. The molecule has 0 radical (unpaired) electrons. The Bertz CT molecular complexity index is 370. The van der Waals surface area contributed by atoms with Gasteiger partial charge in [-0.1, -0.05) is 15.9 Å². The first-order valence-electron chi connectivity index (χ1n) is 4.87. The molecule has 5 heteroatoms. The summed E-state index contributed by atoms with van der Waals surface area (Å²) in [7, 11) is 0. The predicted octanol–water partition coefficient (Wildman–Crippen LogP) is 2.71. The fraction of sp³-hybridized carbons (Fsp3) is 0.364. The molecule has 88 valence electrons. The van der Waals surface area contributed by atoms with Crippen LogP contribution in [0.4, 0.5) is 4.79 Å². The van der Waals surface area contributed by atoms with Gasteiger partial charge in [-0.2, -0.15) is 0 Å². The maximum Gasteiger partial charge on any atom is 0.404 e. The number of aryl methyl sites for hydroxylation is 2. The molecule has 4 nitrogen and oxygen atoms in total. The molecule has 0 bridgehead atoms. The average Bonchev–Trinajstić information content (AvgIpc) is 2.20. The standard InChI is InChI=1S/C11H14BrNO3/c1-7-5-9(6-8(2)10(7)12)16-4-3-13-11(14)15/h5-6,13H,3-4H2,1-2H3,(H,14,15). The molecule has 0 fully saturated rings. The Labute approximate surface area is 103 Å². The van der Waals surface area contributed by atoms with E-state index in [0.717, 1.165) is 21.3 Å². The third kappa shape index (κ3) is 3.73. The monoisotopic (exact) mass is 287 g/mol. The highest BCUT2D eigenvalue weighted by Gasteiger charge is 2.03. The number of nitrogens with one attached hydrogen (secondary N) is 1. The molecular weight excluding hydrogens is 274 g/mol. The van der Waals surface area contributed by atoms with E-state index in [1.807, 2.05) is 26.0 Å². The molecule has 0 aliphatic carbocycles. The van der Waals surface area contributed by atoms with Crippen LogP contribution in [-0.4, -0.2) is 24.4 Å². The second-order valence-electron chi connectivity index (χ2n) is 3.45. The Kier molecular flexibility index (Phi) is 4.61. The molecule has 0 saturated carbocycles. The first kappa shape index (κ1) is 12.8. The summed E-state index contributed by atoms with van der Waals surface area (Å²) in [6, 6.07) is 3.83. The molecule has 0 aromatic heterocycles. The molecule has 0 aliphatic rings. The van der Waals surface area contributed by atoms with Crippen LogP contribution in [-0.2, 0) is 0 Å². The van der Waals surface area contributed by atoms with Crippen LogP contribution in [0.3, 0.4) is 0 Å². The quantitative estimate of drug-likeness (QED) is 0.837. The molecule has 1 aromatic carbocycles. The van der Waals surface area contributed by atoms with Gasteiger partial charge in [-0.15, -0.1) is 0 Å². The third-order valence-electron chi connectivity index (χ3n) is 2.06. The second kappa shape index (κ2) is 5.75. The van der Waals surface area contributed by atoms with Gasteiger partial charge in [0.15, 0.2) is 0 Å². The van der Waals surface area contributed by atoms with Crippen molar-refractivity contribution in [2.45, 2.75) is 13.8 Å².